The Balaban J connectivity index is 1.17. The van der Waals surface area contributed by atoms with Gasteiger partial charge >= 0.3 is 0 Å². The van der Waals surface area contributed by atoms with Crippen LogP contribution in [0.1, 0.15) is 25.0 Å². The highest BCUT2D eigenvalue weighted by molar-refractivity contribution is 7.99. The Morgan fingerprint density at radius 3 is 1.83 bits per heavy atom. The van der Waals surface area contributed by atoms with Gasteiger partial charge in [-0.2, -0.15) is 0 Å². The number of hydrogen-bond acceptors (Lipinski definition) is 5. The normalized spacial score (nSPS) is 13.4. The first-order valence-electron chi connectivity index (χ1n) is 15.8. The summed E-state index contributed by atoms with van der Waals surface area (Å²) in [6, 6.07) is 48.4. The van der Waals surface area contributed by atoms with Gasteiger partial charge < -0.3 is 4.42 Å². The zero-order valence-corrected chi connectivity index (χ0v) is 26.8. The molecule has 3 heterocycles. The minimum Gasteiger partial charge on any atom is -0.455 e. The second-order valence-electron chi connectivity index (χ2n) is 12.5. The van der Waals surface area contributed by atoms with Crippen molar-refractivity contribution in [2.45, 2.75) is 29.1 Å². The summed E-state index contributed by atoms with van der Waals surface area (Å²) in [6.07, 6.45) is 0. The molecule has 0 saturated carbocycles. The Labute approximate surface area is 277 Å². The van der Waals surface area contributed by atoms with Gasteiger partial charge in [0.25, 0.3) is 0 Å². The lowest BCUT2D eigenvalue weighted by atomic mass is 9.77. The van der Waals surface area contributed by atoms with E-state index in [1.54, 1.807) is 0 Å². The molecule has 0 bridgehead atoms. The average molecular weight is 624 g/mol. The quantitative estimate of drug-likeness (QED) is 0.195. The first-order chi connectivity index (χ1) is 23.0. The van der Waals surface area contributed by atoms with Gasteiger partial charge in [-0.15, -0.1) is 0 Å². The summed E-state index contributed by atoms with van der Waals surface area (Å²) in [7, 11) is 0. The van der Waals surface area contributed by atoms with Crippen molar-refractivity contribution in [2.75, 3.05) is 0 Å². The Bertz CT molecular complexity index is 2410. The summed E-state index contributed by atoms with van der Waals surface area (Å²) in [4.78, 5) is 17.3. The maximum absolute atomic E-state index is 6.71. The summed E-state index contributed by atoms with van der Waals surface area (Å²) in [5, 5.41) is 2.15. The third-order valence-electron chi connectivity index (χ3n) is 9.20. The van der Waals surface area contributed by atoms with Crippen molar-refractivity contribution < 1.29 is 4.42 Å². The Kier molecular flexibility index (Phi) is 6.37. The molecule has 1 aliphatic rings. The van der Waals surface area contributed by atoms with Gasteiger partial charge in [0.2, 0.25) is 0 Å². The minimum absolute atomic E-state index is 0.106. The van der Waals surface area contributed by atoms with Crippen molar-refractivity contribution in [2.24, 2.45) is 0 Å². The number of hydrogen-bond donors (Lipinski definition) is 0. The van der Waals surface area contributed by atoms with Gasteiger partial charge in [-0.3, -0.25) is 0 Å². The fourth-order valence-corrected chi connectivity index (χ4v) is 8.09. The number of benzene rings is 6. The smallest absolute Gasteiger partial charge is 0.164 e. The van der Waals surface area contributed by atoms with Crippen LogP contribution in [0.15, 0.2) is 154 Å². The zero-order valence-electron chi connectivity index (χ0n) is 25.9. The molecule has 4 nitrogen and oxygen atoms in total. The molecular weight excluding hydrogens is 595 g/mol. The summed E-state index contributed by atoms with van der Waals surface area (Å²) in [5.74, 6) is 1.88. The van der Waals surface area contributed by atoms with Crippen LogP contribution in [-0.4, -0.2) is 15.0 Å². The highest BCUT2D eigenvalue weighted by atomic mass is 32.2. The third kappa shape index (κ3) is 4.65. The number of aromatic nitrogens is 3. The van der Waals surface area contributed by atoms with E-state index in [9.17, 15) is 0 Å². The van der Waals surface area contributed by atoms with Crippen LogP contribution in [0.25, 0.3) is 67.2 Å². The first kappa shape index (κ1) is 27.8. The molecule has 2 aromatic heterocycles. The number of nitrogens with zero attached hydrogens (tertiary/aromatic N) is 3. The molecule has 1 aliphatic heterocycles. The summed E-state index contributed by atoms with van der Waals surface area (Å²) < 4.78 is 6.71. The van der Waals surface area contributed by atoms with Crippen LogP contribution < -0.4 is 0 Å². The second-order valence-corrected chi connectivity index (χ2v) is 13.6. The van der Waals surface area contributed by atoms with E-state index in [1.807, 2.05) is 72.4 Å². The lowest BCUT2D eigenvalue weighted by molar-refractivity contribution is 0.607. The number of furan rings is 1. The van der Waals surface area contributed by atoms with Crippen LogP contribution in [0, 0.1) is 0 Å². The maximum Gasteiger partial charge on any atom is 0.164 e. The second kappa shape index (κ2) is 10.8. The number of fused-ring (bicyclic) bond motifs is 5. The molecule has 0 fully saturated rings. The van der Waals surface area contributed by atoms with Crippen LogP contribution in [-0.2, 0) is 5.41 Å². The highest BCUT2D eigenvalue weighted by Crippen LogP contribution is 2.50. The van der Waals surface area contributed by atoms with E-state index in [0.717, 1.165) is 49.8 Å². The fourth-order valence-electron chi connectivity index (χ4n) is 6.71. The summed E-state index contributed by atoms with van der Waals surface area (Å²) >= 11 is 1.85. The van der Waals surface area contributed by atoms with Crippen LogP contribution in [0.2, 0.25) is 0 Å². The Hall–Kier alpha value is -5.52. The van der Waals surface area contributed by atoms with E-state index < -0.39 is 0 Å². The molecule has 0 atom stereocenters. The largest absolute Gasteiger partial charge is 0.455 e. The minimum atomic E-state index is -0.106. The predicted molar refractivity (Wildman–Crippen MR) is 192 cm³/mol. The third-order valence-corrected chi connectivity index (χ3v) is 10.4. The lowest BCUT2D eigenvalue weighted by Gasteiger charge is -2.34. The molecule has 9 rings (SSSR count). The zero-order chi connectivity index (χ0) is 31.5. The average Bonchev–Trinajstić information content (AvgIpc) is 3.50. The molecule has 8 aromatic rings. The molecule has 0 unspecified atom stereocenters. The first-order valence-corrected chi connectivity index (χ1v) is 16.6. The molecule has 5 heteroatoms. The number of para-hydroxylation sites is 1. The monoisotopic (exact) mass is 623 g/mol. The Morgan fingerprint density at radius 1 is 0.489 bits per heavy atom. The van der Waals surface area contributed by atoms with Crippen molar-refractivity contribution in [3.8, 4) is 45.3 Å². The van der Waals surface area contributed by atoms with E-state index in [1.165, 1.54) is 20.9 Å². The predicted octanol–water partition coefficient (Wildman–Crippen LogP) is 11.2. The standard InChI is InChI=1S/C42H29N3OS/c1-42(2)33-18-9-10-19-36(33)47-37-23-21-28(24-34(37)42)30-16-11-17-32-31-22-20-29(25-35(31)46-38(30)32)41-44-39(26-12-5-3-6-13-26)43-40(45-41)27-14-7-4-8-15-27/h3-25H,1-2H3. The molecule has 0 radical (unpaired) electrons. The van der Waals surface area contributed by atoms with Crippen molar-refractivity contribution in [1.29, 1.82) is 0 Å². The molecule has 6 aromatic carbocycles. The molecule has 0 N–H and O–H groups in total. The van der Waals surface area contributed by atoms with E-state index in [2.05, 4.69) is 92.7 Å². The van der Waals surface area contributed by atoms with Gasteiger partial charge in [0.05, 0.1) is 0 Å². The van der Waals surface area contributed by atoms with E-state index in [-0.39, 0.29) is 5.41 Å². The topological polar surface area (TPSA) is 51.8 Å². The van der Waals surface area contributed by atoms with Gasteiger partial charge in [-0.05, 0) is 47.0 Å². The molecule has 47 heavy (non-hydrogen) atoms. The van der Waals surface area contributed by atoms with E-state index >= 15 is 0 Å². The van der Waals surface area contributed by atoms with Crippen molar-refractivity contribution in [3.05, 3.63) is 151 Å². The molecule has 0 saturated heterocycles. The fraction of sp³-hybridized carbons (Fsp3) is 0.0714. The Morgan fingerprint density at radius 2 is 1.11 bits per heavy atom. The molecule has 224 valence electrons. The lowest BCUT2D eigenvalue weighted by Crippen LogP contribution is -2.23. The molecule has 0 aliphatic carbocycles. The van der Waals surface area contributed by atoms with Crippen LogP contribution in [0.5, 0.6) is 0 Å². The van der Waals surface area contributed by atoms with Gasteiger partial charge in [0.15, 0.2) is 17.5 Å². The van der Waals surface area contributed by atoms with Gasteiger partial charge in [-0.25, -0.2) is 15.0 Å². The SMILES string of the molecule is CC1(C)c2ccccc2Sc2ccc(-c3cccc4c3oc3cc(-c5nc(-c6ccccc6)nc(-c6ccccc6)n5)ccc34)cc21. The van der Waals surface area contributed by atoms with E-state index in [0.29, 0.717) is 17.5 Å². The van der Waals surface area contributed by atoms with E-state index in [4.69, 9.17) is 19.4 Å². The van der Waals surface area contributed by atoms with Crippen LogP contribution in [0.3, 0.4) is 0 Å². The van der Waals surface area contributed by atoms with Gasteiger partial charge in [-0.1, -0.05) is 135 Å². The molecule has 0 spiro atoms. The molecular formula is C42H29N3OS. The van der Waals surface area contributed by atoms with Crippen LogP contribution >= 0.6 is 11.8 Å². The van der Waals surface area contributed by atoms with Crippen LogP contribution in [0.4, 0.5) is 0 Å². The van der Waals surface area contributed by atoms with Crippen molar-refractivity contribution in [1.82, 2.24) is 15.0 Å². The van der Waals surface area contributed by atoms with Crippen molar-refractivity contribution >= 4 is 33.7 Å². The molecule has 0 amide bonds. The summed E-state index contributed by atoms with van der Waals surface area (Å²) in [6.45, 7) is 4.65. The summed E-state index contributed by atoms with van der Waals surface area (Å²) in [5.41, 5.74) is 9.28. The van der Waals surface area contributed by atoms with Crippen molar-refractivity contribution in [3.63, 3.8) is 0 Å². The van der Waals surface area contributed by atoms with Gasteiger partial charge in [0, 0.05) is 48.2 Å². The maximum atomic E-state index is 6.71. The van der Waals surface area contributed by atoms with Gasteiger partial charge in [0.1, 0.15) is 11.2 Å². The number of rotatable bonds is 4. The highest BCUT2D eigenvalue weighted by Gasteiger charge is 2.33.